The number of benzene rings is 1. The third kappa shape index (κ3) is 6.86. The number of sulfone groups is 1. The second-order valence-electron chi connectivity index (χ2n) is 7.55. The van der Waals surface area contributed by atoms with Crippen LogP contribution in [0.15, 0.2) is 29.3 Å². The molecule has 1 aromatic carbocycles. The molecule has 1 heterocycles. The van der Waals surface area contributed by atoms with Gasteiger partial charge >= 0.3 is 0 Å². The lowest BCUT2D eigenvalue weighted by molar-refractivity contribution is 0.358. The van der Waals surface area contributed by atoms with E-state index in [-0.39, 0.29) is 17.1 Å². The Morgan fingerprint density at radius 1 is 1.36 bits per heavy atom. The molecule has 0 spiro atoms. The molecule has 1 aliphatic rings. The first-order chi connectivity index (χ1) is 11.7. The Hall–Kier alpha value is -1.27. The number of halogens is 1. The molecular formula is C18H28ClN3O2S. The van der Waals surface area contributed by atoms with E-state index in [1.165, 1.54) is 5.56 Å². The molecule has 0 bridgehead atoms. The van der Waals surface area contributed by atoms with Crippen LogP contribution in [0, 0.1) is 11.3 Å². The molecule has 1 aliphatic heterocycles. The van der Waals surface area contributed by atoms with Gasteiger partial charge in [-0.1, -0.05) is 37.6 Å². The topological polar surface area (TPSA) is 70.6 Å². The van der Waals surface area contributed by atoms with Crippen LogP contribution < -0.4 is 10.6 Å². The molecule has 0 aliphatic carbocycles. The number of guanidine groups is 1. The van der Waals surface area contributed by atoms with Crippen molar-refractivity contribution in [3.05, 3.63) is 34.9 Å². The maximum absolute atomic E-state index is 11.5. The molecule has 0 radical (unpaired) electrons. The minimum absolute atomic E-state index is 0.0268. The van der Waals surface area contributed by atoms with Crippen molar-refractivity contribution in [3.8, 4) is 0 Å². The maximum atomic E-state index is 11.5. The zero-order valence-electron chi connectivity index (χ0n) is 15.2. The third-order valence-electron chi connectivity index (χ3n) is 4.41. The van der Waals surface area contributed by atoms with Crippen LogP contribution in [0.25, 0.3) is 0 Å². The molecule has 7 heteroatoms. The molecule has 2 rings (SSSR count). The quantitative estimate of drug-likeness (QED) is 0.583. The smallest absolute Gasteiger partial charge is 0.191 e. The van der Waals surface area contributed by atoms with Gasteiger partial charge in [-0.3, -0.25) is 4.99 Å². The highest BCUT2D eigenvalue weighted by molar-refractivity contribution is 7.91. The predicted molar refractivity (Wildman–Crippen MR) is 105 cm³/mol. The van der Waals surface area contributed by atoms with Crippen LogP contribution in [0.1, 0.15) is 25.8 Å². The fourth-order valence-electron chi connectivity index (χ4n) is 3.08. The van der Waals surface area contributed by atoms with Gasteiger partial charge in [0, 0.05) is 25.2 Å². The summed E-state index contributed by atoms with van der Waals surface area (Å²) in [7, 11) is -1.11. The lowest BCUT2D eigenvalue weighted by atomic mass is 9.86. The molecule has 1 saturated heterocycles. The molecular weight excluding hydrogens is 358 g/mol. The molecule has 140 valence electrons. The Labute approximate surface area is 156 Å². The van der Waals surface area contributed by atoms with Crippen molar-refractivity contribution in [2.24, 2.45) is 16.3 Å². The van der Waals surface area contributed by atoms with Gasteiger partial charge in [-0.05, 0) is 41.9 Å². The Morgan fingerprint density at radius 2 is 2.12 bits per heavy atom. The molecule has 1 unspecified atom stereocenters. The van der Waals surface area contributed by atoms with Gasteiger partial charge < -0.3 is 10.6 Å². The van der Waals surface area contributed by atoms with Crippen LogP contribution in [-0.2, 0) is 16.3 Å². The largest absolute Gasteiger partial charge is 0.356 e. The maximum Gasteiger partial charge on any atom is 0.191 e. The molecule has 0 amide bonds. The van der Waals surface area contributed by atoms with E-state index < -0.39 is 9.84 Å². The molecule has 25 heavy (non-hydrogen) atoms. The van der Waals surface area contributed by atoms with Gasteiger partial charge in [0.15, 0.2) is 15.8 Å². The lowest BCUT2D eigenvalue weighted by Gasteiger charge is -2.26. The highest BCUT2D eigenvalue weighted by Gasteiger charge is 2.28. The summed E-state index contributed by atoms with van der Waals surface area (Å²) in [6.45, 7) is 5.77. The Kier molecular flexibility index (Phi) is 6.74. The lowest BCUT2D eigenvalue weighted by Crippen LogP contribution is -2.44. The second-order valence-corrected chi connectivity index (χ2v) is 10.2. The van der Waals surface area contributed by atoms with E-state index in [0.29, 0.717) is 18.3 Å². The van der Waals surface area contributed by atoms with E-state index in [1.54, 1.807) is 7.05 Å². The van der Waals surface area contributed by atoms with Crippen LogP contribution in [-0.4, -0.2) is 46.0 Å². The van der Waals surface area contributed by atoms with Gasteiger partial charge in [0.05, 0.1) is 11.5 Å². The molecule has 1 atom stereocenters. The van der Waals surface area contributed by atoms with Crippen molar-refractivity contribution in [3.63, 3.8) is 0 Å². The first-order valence-electron chi connectivity index (χ1n) is 8.58. The van der Waals surface area contributed by atoms with E-state index in [0.717, 1.165) is 24.4 Å². The van der Waals surface area contributed by atoms with Crippen LogP contribution >= 0.6 is 11.6 Å². The first-order valence-corrected chi connectivity index (χ1v) is 10.8. The van der Waals surface area contributed by atoms with Crippen LogP contribution in [0.5, 0.6) is 0 Å². The number of nitrogens with zero attached hydrogens (tertiary/aromatic N) is 1. The molecule has 0 saturated carbocycles. The molecule has 0 aromatic heterocycles. The van der Waals surface area contributed by atoms with Crippen molar-refractivity contribution < 1.29 is 8.42 Å². The van der Waals surface area contributed by atoms with E-state index in [9.17, 15) is 8.42 Å². The van der Waals surface area contributed by atoms with Crippen LogP contribution in [0.3, 0.4) is 0 Å². The summed E-state index contributed by atoms with van der Waals surface area (Å²) >= 11 is 6.06. The fraction of sp³-hybridized carbons (Fsp3) is 0.611. The number of nitrogens with one attached hydrogen (secondary N) is 2. The number of aliphatic imine (C=N–C) groups is 1. The summed E-state index contributed by atoms with van der Waals surface area (Å²) in [6.07, 6.45) is 1.63. The predicted octanol–water partition coefficient (Wildman–Crippen LogP) is 2.51. The van der Waals surface area contributed by atoms with E-state index in [1.807, 2.05) is 18.2 Å². The number of rotatable bonds is 6. The minimum Gasteiger partial charge on any atom is -0.356 e. The summed E-state index contributed by atoms with van der Waals surface area (Å²) in [5, 5.41) is 7.35. The van der Waals surface area contributed by atoms with Crippen molar-refractivity contribution in [1.29, 1.82) is 0 Å². The second kappa shape index (κ2) is 8.41. The third-order valence-corrected chi connectivity index (χ3v) is 6.49. The molecule has 1 aromatic rings. The fourth-order valence-corrected chi connectivity index (χ4v) is 5.15. The SMILES string of the molecule is CN=C(NCC1CCS(=O)(=O)C1)NCC(C)(C)Cc1cccc(Cl)c1. The zero-order valence-corrected chi connectivity index (χ0v) is 16.8. The van der Waals surface area contributed by atoms with Crippen molar-refractivity contribution in [1.82, 2.24) is 10.6 Å². The van der Waals surface area contributed by atoms with Gasteiger partial charge in [-0.2, -0.15) is 0 Å². The molecule has 5 nitrogen and oxygen atoms in total. The number of hydrogen-bond acceptors (Lipinski definition) is 3. The minimum atomic E-state index is -2.83. The summed E-state index contributed by atoms with van der Waals surface area (Å²) in [4.78, 5) is 4.23. The Morgan fingerprint density at radius 3 is 2.72 bits per heavy atom. The summed E-state index contributed by atoms with van der Waals surface area (Å²) in [6, 6.07) is 7.93. The Balaban J connectivity index is 1.81. The summed E-state index contributed by atoms with van der Waals surface area (Å²) < 4.78 is 23.1. The van der Waals surface area contributed by atoms with Gasteiger partial charge in [-0.25, -0.2) is 8.42 Å². The van der Waals surface area contributed by atoms with Gasteiger partial charge in [0.2, 0.25) is 0 Å². The van der Waals surface area contributed by atoms with Crippen molar-refractivity contribution in [2.75, 3.05) is 31.6 Å². The van der Waals surface area contributed by atoms with Gasteiger partial charge in [0.25, 0.3) is 0 Å². The van der Waals surface area contributed by atoms with Crippen molar-refractivity contribution in [2.45, 2.75) is 26.7 Å². The summed E-state index contributed by atoms with van der Waals surface area (Å²) in [5.74, 6) is 1.46. The monoisotopic (exact) mass is 385 g/mol. The average Bonchev–Trinajstić information content (AvgIpc) is 2.86. The van der Waals surface area contributed by atoms with E-state index in [2.05, 4.69) is 35.5 Å². The molecule has 1 fully saturated rings. The average molecular weight is 386 g/mol. The molecule has 2 N–H and O–H groups in total. The standard InChI is InChI=1S/C18H28ClN3O2S/c1-18(2,10-14-5-4-6-16(19)9-14)13-22-17(20-3)21-11-15-7-8-25(23,24)12-15/h4-6,9,15H,7-8,10-13H2,1-3H3,(H2,20,21,22). The van der Waals surface area contributed by atoms with Crippen molar-refractivity contribution >= 4 is 27.4 Å². The number of hydrogen-bond donors (Lipinski definition) is 2. The highest BCUT2D eigenvalue weighted by atomic mass is 35.5. The van der Waals surface area contributed by atoms with Gasteiger partial charge in [0.1, 0.15) is 0 Å². The van der Waals surface area contributed by atoms with Crippen LogP contribution in [0.4, 0.5) is 0 Å². The normalized spacial score (nSPS) is 20.5. The van der Waals surface area contributed by atoms with E-state index in [4.69, 9.17) is 11.6 Å². The first kappa shape index (κ1) is 20.0. The van der Waals surface area contributed by atoms with E-state index >= 15 is 0 Å². The highest BCUT2D eigenvalue weighted by Crippen LogP contribution is 2.23. The van der Waals surface area contributed by atoms with Crippen LogP contribution in [0.2, 0.25) is 5.02 Å². The van der Waals surface area contributed by atoms with Gasteiger partial charge in [-0.15, -0.1) is 0 Å². The summed E-state index contributed by atoms with van der Waals surface area (Å²) in [5.41, 5.74) is 1.23. The Bertz CT molecular complexity index is 717. The zero-order chi connectivity index (χ0) is 18.5.